The molecular weight excluding hydrogens is 589 g/mol. The molecule has 6 nitrogen and oxygen atoms in total. The molecule has 0 N–H and O–H groups in total. The Morgan fingerprint density at radius 3 is 0.667 bits per heavy atom. The lowest BCUT2D eigenvalue weighted by atomic mass is 9.95. The van der Waals surface area contributed by atoms with Crippen LogP contribution >= 0.6 is 0 Å². The average molecular weight is 619 g/mol. The summed E-state index contributed by atoms with van der Waals surface area (Å²) in [5, 5.41) is 0. The van der Waals surface area contributed by atoms with Crippen LogP contribution in [-0.2, 0) is 19.3 Å². The zero-order valence-electron chi connectivity index (χ0n) is 26.2. The Bertz CT molecular complexity index is 1970. The second-order valence-electron chi connectivity index (χ2n) is 12.5. The van der Waals surface area contributed by atoms with Crippen molar-refractivity contribution < 1.29 is 0 Å². The Hall–Kier alpha value is -6.27. The number of anilines is 9. The number of rotatable bonds is 3. The molecule has 0 spiro atoms. The summed E-state index contributed by atoms with van der Waals surface area (Å²) in [5.74, 6) is 1.74. The number of hydrogen-bond donors (Lipinski definition) is 0. The van der Waals surface area contributed by atoms with Gasteiger partial charge < -0.3 is 0 Å². The maximum atomic E-state index is 5.39. The fourth-order valence-electron chi connectivity index (χ4n) is 7.57. The minimum absolute atomic E-state index is 0.579. The molecule has 0 saturated carbocycles. The normalized spacial score (nSPS) is 13.9. The quantitative estimate of drug-likeness (QED) is 0.196. The molecule has 6 aromatic carbocycles. The van der Waals surface area contributed by atoms with Crippen molar-refractivity contribution in [1.29, 1.82) is 0 Å². The van der Waals surface area contributed by atoms with E-state index < -0.39 is 0 Å². The van der Waals surface area contributed by atoms with Crippen LogP contribution in [0.25, 0.3) is 0 Å². The second-order valence-corrected chi connectivity index (χ2v) is 12.5. The fourth-order valence-corrected chi connectivity index (χ4v) is 7.57. The van der Waals surface area contributed by atoms with Gasteiger partial charge in [-0.2, -0.15) is 15.0 Å². The topological polar surface area (TPSA) is 48.4 Å². The highest BCUT2D eigenvalue weighted by Gasteiger charge is 2.33. The molecular formula is C42H30N6. The lowest BCUT2D eigenvalue weighted by molar-refractivity contribution is 0.928. The van der Waals surface area contributed by atoms with E-state index in [1.807, 2.05) is 0 Å². The van der Waals surface area contributed by atoms with Crippen LogP contribution in [0.2, 0.25) is 0 Å². The SMILES string of the molecule is c1ccc2c(c1)Cc1ccccc1N2c1nc(N2c3ccccc3Cc3ccccc32)nc(N2c3ccccc3Cc3ccccc32)n1. The summed E-state index contributed by atoms with van der Waals surface area (Å²) in [6.45, 7) is 0. The molecule has 0 amide bonds. The van der Waals surface area contributed by atoms with E-state index in [0.29, 0.717) is 17.8 Å². The molecule has 3 aliphatic rings. The molecule has 0 atom stereocenters. The minimum Gasteiger partial charge on any atom is -0.278 e. The molecule has 4 heterocycles. The van der Waals surface area contributed by atoms with Crippen LogP contribution in [0.1, 0.15) is 33.4 Å². The highest BCUT2D eigenvalue weighted by atomic mass is 15.4. The van der Waals surface area contributed by atoms with Crippen LogP contribution in [0.3, 0.4) is 0 Å². The van der Waals surface area contributed by atoms with Gasteiger partial charge in [-0.1, -0.05) is 109 Å². The van der Waals surface area contributed by atoms with Crippen LogP contribution in [0.4, 0.5) is 52.0 Å². The molecule has 0 aliphatic carbocycles. The summed E-state index contributed by atoms with van der Waals surface area (Å²) < 4.78 is 0. The van der Waals surface area contributed by atoms with E-state index in [1.165, 1.54) is 33.4 Å². The van der Waals surface area contributed by atoms with Crippen molar-refractivity contribution in [3.8, 4) is 0 Å². The standard InChI is InChI=1S/C42H30N6/c1-7-19-34-28(13-1)25-29-14-2-8-20-35(29)46(34)40-43-41(47-36-21-9-3-15-30(36)26-31-16-4-10-22-37(31)47)45-42(44-40)48-38-23-11-5-17-32(38)27-33-18-6-12-24-39(33)48/h1-24H,25-27H2. The van der Waals surface area contributed by atoms with Gasteiger partial charge in [0, 0.05) is 19.3 Å². The van der Waals surface area contributed by atoms with E-state index in [4.69, 9.17) is 15.0 Å². The lowest BCUT2D eigenvalue weighted by Gasteiger charge is -2.36. The van der Waals surface area contributed by atoms with Gasteiger partial charge in [0.1, 0.15) is 0 Å². The Kier molecular flexibility index (Phi) is 5.96. The Morgan fingerprint density at radius 2 is 0.458 bits per heavy atom. The second kappa shape index (κ2) is 10.6. The van der Waals surface area contributed by atoms with E-state index in [1.54, 1.807) is 0 Å². The number of aromatic nitrogens is 3. The first-order valence-electron chi connectivity index (χ1n) is 16.4. The van der Waals surface area contributed by atoms with E-state index in [-0.39, 0.29) is 0 Å². The Balaban J connectivity index is 1.27. The van der Waals surface area contributed by atoms with E-state index in [0.717, 1.165) is 53.4 Å². The predicted molar refractivity (Wildman–Crippen MR) is 192 cm³/mol. The molecule has 0 unspecified atom stereocenters. The number of fused-ring (bicyclic) bond motifs is 6. The van der Waals surface area contributed by atoms with Crippen molar-refractivity contribution in [3.05, 3.63) is 179 Å². The molecule has 0 saturated heterocycles. The minimum atomic E-state index is 0.579. The van der Waals surface area contributed by atoms with Gasteiger partial charge in [0.2, 0.25) is 17.8 Å². The van der Waals surface area contributed by atoms with Gasteiger partial charge in [-0.05, 0) is 69.8 Å². The first-order chi connectivity index (χ1) is 23.8. The third-order valence-corrected chi connectivity index (χ3v) is 9.74. The van der Waals surface area contributed by atoms with E-state index in [9.17, 15) is 0 Å². The maximum absolute atomic E-state index is 5.39. The largest absolute Gasteiger partial charge is 0.278 e. The van der Waals surface area contributed by atoms with E-state index >= 15 is 0 Å². The van der Waals surface area contributed by atoms with Crippen LogP contribution in [0.5, 0.6) is 0 Å². The third-order valence-electron chi connectivity index (χ3n) is 9.74. The molecule has 0 fully saturated rings. The summed E-state index contributed by atoms with van der Waals surface area (Å²) in [7, 11) is 0. The fraction of sp³-hybridized carbons (Fsp3) is 0.0714. The molecule has 0 bridgehead atoms. The predicted octanol–water partition coefficient (Wildman–Crippen LogP) is 9.99. The molecule has 0 radical (unpaired) electrons. The lowest BCUT2D eigenvalue weighted by Crippen LogP contribution is -2.27. The number of benzene rings is 6. The van der Waals surface area contributed by atoms with Crippen LogP contribution in [-0.4, -0.2) is 15.0 Å². The molecule has 6 heteroatoms. The number of nitrogens with zero attached hydrogens (tertiary/aromatic N) is 6. The number of para-hydroxylation sites is 6. The van der Waals surface area contributed by atoms with Crippen LogP contribution in [0.15, 0.2) is 146 Å². The molecule has 7 aromatic rings. The van der Waals surface area contributed by atoms with Crippen molar-refractivity contribution in [3.63, 3.8) is 0 Å². The van der Waals surface area contributed by atoms with Crippen molar-refractivity contribution >= 4 is 52.0 Å². The summed E-state index contributed by atoms with van der Waals surface area (Å²) in [4.78, 5) is 22.8. The first kappa shape index (κ1) is 26.9. The molecule has 3 aliphatic heterocycles. The number of hydrogen-bond acceptors (Lipinski definition) is 6. The highest BCUT2D eigenvalue weighted by Crippen LogP contribution is 2.48. The maximum Gasteiger partial charge on any atom is 0.241 e. The van der Waals surface area contributed by atoms with Crippen molar-refractivity contribution in [2.24, 2.45) is 0 Å². The van der Waals surface area contributed by atoms with Crippen LogP contribution in [0, 0.1) is 0 Å². The van der Waals surface area contributed by atoms with Crippen molar-refractivity contribution in [2.45, 2.75) is 19.3 Å². The Morgan fingerprint density at radius 1 is 0.271 bits per heavy atom. The molecule has 10 rings (SSSR count). The zero-order chi connectivity index (χ0) is 31.6. The summed E-state index contributed by atoms with van der Waals surface area (Å²) in [6.07, 6.45) is 2.56. The summed E-state index contributed by atoms with van der Waals surface area (Å²) in [5.41, 5.74) is 13.9. The smallest absolute Gasteiger partial charge is 0.241 e. The van der Waals surface area contributed by atoms with Gasteiger partial charge in [-0.25, -0.2) is 0 Å². The van der Waals surface area contributed by atoms with Gasteiger partial charge in [0.15, 0.2) is 0 Å². The van der Waals surface area contributed by atoms with Gasteiger partial charge in [-0.3, -0.25) is 14.7 Å². The summed E-state index contributed by atoms with van der Waals surface area (Å²) in [6, 6.07) is 51.5. The van der Waals surface area contributed by atoms with Crippen molar-refractivity contribution in [1.82, 2.24) is 15.0 Å². The average Bonchev–Trinajstić information content (AvgIpc) is 3.14. The Labute approximate surface area is 279 Å². The third kappa shape index (κ3) is 4.16. The zero-order valence-corrected chi connectivity index (χ0v) is 26.2. The molecule has 1 aromatic heterocycles. The molecule has 228 valence electrons. The van der Waals surface area contributed by atoms with Gasteiger partial charge in [-0.15, -0.1) is 0 Å². The van der Waals surface area contributed by atoms with E-state index in [2.05, 4.69) is 160 Å². The van der Waals surface area contributed by atoms with Gasteiger partial charge in [0.25, 0.3) is 0 Å². The summed E-state index contributed by atoms with van der Waals surface area (Å²) >= 11 is 0. The first-order valence-corrected chi connectivity index (χ1v) is 16.4. The van der Waals surface area contributed by atoms with Crippen molar-refractivity contribution in [2.75, 3.05) is 14.7 Å². The monoisotopic (exact) mass is 618 g/mol. The van der Waals surface area contributed by atoms with Crippen LogP contribution < -0.4 is 14.7 Å². The molecule has 48 heavy (non-hydrogen) atoms. The van der Waals surface area contributed by atoms with Gasteiger partial charge in [0.05, 0.1) is 34.1 Å². The highest BCUT2D eigenvalue weighted by molar-refractivity contribution is 5.86. The van der Waals surface area contributed by atoms with Gasteiger partial charge >= 0.3 is 0 Å².